The molecule has 18 heavy (non-hydrogen) atoms. The number of hydrogen-bond donors (Lipinski definition) is 1. The van der Waals surface area contributed by atoms with Gasteiger partial charge < -0.3 is 10.0 Å². The third-order valence-electron chi connectivity index (χ3n) is 3.91. The van der Waals surface area contributed by atoms with E-state index in [1.165, 1.54) is 19.3 Å². The number of aromatic hydroxyl groups is 1. The van der Waals surface area contributed by atoms with Gasteiger partial charge in [0.15, 0.2) is 0 Å². The van der Waals surface area contributed by atoms with Crippen molar-refractivity contribution in [1.82, 2.24) is 4.90 Å². The number of carbonyl (C=O) groups excluding carboxylic acids is 1. The molecule has 1 N–H and O–H groups in total. The van der Waals surface area contributed by atoms with Gasteiger partial charge in [0.05, 0.1) is 0 Å². The quantitative estimate of drug-likeness (QED) is 0.888. The van der Waals surface area contributed by atoms with Crippen molar-refractivity contribution in [3.05, 3.63) is 29.3 Å². The lowest BCUT2D eigenvalue weighted by Crippen LogP contribution is -2.37. The molecular formula is C15H21NO2. The Balaban J connectivity index is 2.14. The standard InChI is InChI=1S/C15H21NO2/c1-3-16(10-12-6-4-7-12)15(18)13-8-5-9-14(17)11(13)2/h5,8-9,12,17H,3-4,6-7,10H2,1-2H3. The summed E-state index contributed by atoms with van der Waals surface area (Å²) in [5.74, 6) is 0.907. The molecule has 0 unspecified atom stereocenters. The van der Waals surface area contributed by atoms with Crippen molar-refractivity contribution in [3.8, 4) is 5.75 Å². The van der Waals surface area contributed by atoms with Crippen LogP contribution in [0.15, 0.2) is 18.2 Å². The average molecular weight is 247 g/mol. The number of hydrogen-bond acceptors (Lipinski definition) is 2. The summed E-state index contributed by atoms with van der Waals surface area (Å²) >= 11 is 0. The highest BCUT2D eigenvalue weighted by atomic mass is 16.3. The van der Waals surface area contributed by atoms with E-state index in [4.69, 9.17) is 0 Å². The normalized spacial score (nSPS) is 15.2. The average Bonchev–Trinajstić information content (AvgIpc) is 2.31. The molecule has 98 valence electrons. The Morgan fingerprint density at radius 1 is 1.44 bits per heavy atom. The third kappa shape index (κ3) is 2.50. The van der Waals surface area contributed by atoms with E-state index in [-0.39, 0.29) is 11.7 Å². The van der Waals surface area contributed by atoms with Gasteiger partial charge in [0, 0.05) is 24.2 Å². The lowest BCUT2D eigenvalue weighted by Gasteiger charge is -2.32. The molecule has 0 atom stereocenters. The maximum absolute atomic E-state index is 12.4. The smallest absolute Gasteiger partial charge is 0.254 e. The van der Waals surface area contributed by atoms with E-state index in [1.807, 2.05) is 11.8 Å². The summed E-state index contributed by atoms with van der Waals surface area (Å²) in [6.45, 7) is 5.38. The molecule has 1 amide bonds. The van der Waals surface area contributed by atoms with Crippen LogP contribution >= 0.6 is 0 Å². The number of phenolic OH excluding ortho intramolecular Hbond substituents is 1. The summed E-state index contributed by atoms with van der Waals surface area (Å²) in [6, 6.07) is 5.14. The summed E-state index contributed by atoms with van der Waals surface area (Å²) in [4.78, 5) is 14.3. The Hall–Kier alpha value is -1.51. The fraction of sp³-hybridized carbons (Fsp3) is 0.533. The molecule has 3 nitrogen and oxygen atoms in total. The SMILES string of the molecule is CCN(CC1CCC1)C(=O)c1cccc(O)c1C. The predicted molar refractivity (Wildman–Crippen MR) is 71.8 cm³/mol. The van der Waals surface area contributed by atoms with Gasteiger partial charge in [0.25, 0.3) is 5.91 Å². The summed E-state index contributed by atoms with van der Waals surface area (Å²) in [6.07, 6.45) is 3.77. The van der Waals surface area contributed by atoms with Crippen molar-refractivity contribution in [2.24, 2.45) is 5.92 Å². The van der Waals surface area contributed by atoms with E-state index in [9.17, 15) is 9.90 Å². The first-order valence-electron chi connectivity index (χ1n) is 6.71. The van der Waals surface area contributed by atoms with Gasteiger partial charge >= 0.3 is 0 Å². The number of amides is 1. The van der Waals surface area contributed by atoms with Gasteiger partial charge in [-0.1, -0.05) is 12.5 Å². The zero-order chi connectivity index (χ0) is 13.1. The van der Waals surface area contributed by atoms with Gasteiger partial charge in [-0.2, -0.15) is 0 Å². The molecule has 0 bridgehead atoms. The van der Waals surface area contributed by atoms with Crippen molar-refractivity contribution in [1.29, 1.82) is 0 Å². The molecular weight excluding hydrogens is 226 g/mol. The number of phenols is 1. The molecule has 0 radical (unpaired) electrons. The minimum atomic E-state index is 0.0396. The van der Waals surface area contributed by atoms with Crippen molar-refractivity contribution < 1.29 is 9.90 Å². The molecule has 1 fully saturated rings. The van der Waals surface area contributed by atoms with Gasteiger partial charge in [-0.15, -0.1) is 0 Å². The largest absolute Gasteiger partial charge is 0.508 e. The van der Waals surface area contributed by atoms with E-state index < -0.39 is 0 Å². The van der Waals surface area contributed by atoms with Crippen LogP contribution in [0.4, 0.5) is 0 Å². The molecule has 1 aromatic rings. The number of nitrogens with zero attached hydrogens (tertiary/aromatic N) is 1. The zero-order valence-corrected chi connectivity index (χ0v) is 11.1. The lowest BCUT2D eigenvalue weighted by atomic mass is 9.85. The van der Waals surface area contributed by atoms with Crippen molar-refractivity contribution in [2.75, 3.05) is 13.1 Å². The van der Waals surface area contributed by atoms with Gasteiger partial charge in [0.2, 0.25) is 0 Å². The fourth-order valence-electron chi connectivity index (χ4n) is 2.37. The Labute approximate surface area is 108 Å². The van der Waals surface area contributed by atoms with E-state index in [0.29, 0.717) is 17.0 Å². The van der Waals surface area contributed by atoms with Gasteiger partial charge in [0.1, 0.15) is 5.75 Å². The van der Waals surface area contributed by atoms with Crippen LogP contribution < -0.4 is 0 Å². The number of benzene rings is 1. The lowest BCUT2D eigenvalue weighted by molar-refractivity contribution is 0.0705. The van der Waals surface area contributed by atoms with Crippen molar-refractivity contribution >= 4 is 5.91 Å². The molecule has 1 aromatic carbocycles. The van der Waals surface area contributed by atoms with Crippen LogP contribution in [0.25, 0.3) is 0 Å². The first-order chi connectivity index (χ1) is 8.63. The van der Waals surface area contributed by atoms with Crippen LogP contribution in [0.3, 0.4) is 0 Å². The molecule has 1 aliphatic rings. The Morgan fingerprint density at radius 3 is 2.72 bits per heavy atom. The highest BCUT2D eigenvalue weighted by Crippen LogP contribution is 2.28. The third-order valence-corrected chi connectivity index (χ3v) is 3.91. The topological polar surface area (TPSA) is 40.5 Å². The maximum atomic E-state index is 12.4. The minimum absolute atomic E-state index is 0.0396. The van der Waals surface area contributed by atoms with Crippen molar-refractivity contribution in [2.45, 2.75) is 33.1 Å². The fourth-order valence-corrected chi connectivity index (χ4v) is 2.37. The van der Waals surface area contributed by atoms with Crippen LogP contribution in [0.2, 0.25) is 0 Å². The van der Waals surface area contributed by atoms with Gasteiger partial charge in [-0.25, -0.2) is 0 Å². The van der Waals surface area contributed by atoms with Crippen LogP contribution in [-0.2, 0) is 0 Å². The maximum Gasteiger partial charge on any atom is 0.254 e. The van der Waals surface area contributed by atoms with Crippen molar-refractivity contribution in [3.63, 3.8) is 0 Å². The zero-order valence-electron chi connectivity index (χ0n) is 11.1. The molecule has 0 saturated heterocycles. The van der Waals surface area contributed by atoms with Gasteiger partial charge in [-0.3, -0.25) is 4.79 Å². The molecule has 0 aromatic heterocycles. The molecule has 1 saturated carbocycles. The Bertz CT molecular complexity index is 438. The summed E-state index contributed by atoms with van der Waals surface area (Å²) in [7, 11) is 0. The molecule has 3 heteroatoms. The van der Waals surface area contributed by atoms with Crippen LogP contribution in [0, 0.1) is 12.8 Å². The van der Waals surface area contributed by atoms with Crippen LogP contribution in [-0.4, -0.2) is 29.0 Å². The summed E-state index contributed by atoms with van der Waals surface area (Å²) in [5.41, 5.74) is 1.30. The minimum Gasteiger partial charge on any atom is -0.508 e. The number of rotatable bonds is 4. The molecule has 2 rings (SSSR count). The number of carbonyl (C=O) groups is 1. The monoisotopic (exact) mass is 247 g/mol. The van der Waals surface area contributed by atoms with E-state index in [0.717, 1.165) is 13.1 Å². The van der Waals surface area contributed by atoms with Crippen LogP contribution in [0.1, 0.15) is 42.1 Å². The van der Waals surface area contributed by atoms with E-state index in [1.54, 1.807) is 25.1 Å². The molecule has 0 aliphatic heterocycles. The Kier molecular flexibility index (Phi) is 3.90. The Morgan fingerprint density at radius 2 is 2.17 bits per heavy atom. The second kappa shape index (κ2) is 5.42. The summed E-state index contributed by atoms with van der Waals surface area (Å²) in [5, 5.41) is 9.67. The second-order valence-corrected chi connectivity index (χ2v) is 5.09. The van der Waals surface area contributed by atoms with E-state index >= 15 is 0 Å². The highest BCUT2D eigenvalue weighted by molar-refractivity contribution is 5.96. The molecule has 0 spiro atoms. The predicted octanol–water partition coefficient (Wildman–Crippen LogP) is 2.96. The second-order valence-electron chi connectivity index (χ2n) is 5.09. The van der Waals surface area contributed by atoms with Gasteiger partial charge in [-0.05, 0) is 44.7 Å². The van der Waals surface area contributed by atoms with Crippen LogP contribution in [0.5, 0.6) is 5.75 Å². The first kappa shape index (κ1) is 12.9. The summed E-state index contributed by atoms with van der Waals surface area (Å²) < 4.78 is 0. The molecule has 0 heterocycles. The first-order valence-corrected chi connectivity index (χ1v) is 6.71. The molecule has 1 aliphatic carbocycles. The highest BCUT2D eigenvalue weighted by Gasteiger charge is 2.24. The van der Waals surface area contributed by atoms with E-state index in [2.05, 4.69) is 0 Å².